The largest absolute Gasteiger partial charge is 0.326 e. The Kier molecular flexibility index (Phi) is 4.88. The van der Waals surface area contributed by atoms with Crippen LogP contribution in [0.3, 0.4) is 0 Å². The molecule has 132 valence electrons. The standard InChI is InChI=1S/C19H19N5O2/c1-11-5-6-14(9-12(11)2)23-16(25)10-15-13(3)22-18(24-19(15)26)17-20-7-4-8-21-17/h4-9H,10H2,1-3H3,(H,23,25)(H,22,24,26). The highest BCUT2D eigenvalue weighted by atomic mass is 16.2. The first-order chi connectivity index (χ1) is 12.4. The molecule has 7 heteroatoms. The molecule has 0 spiro atoms. The van der Waals surface area contributed by atoms with Crippen LogP contribution < -0.4 is 10.9 Å². The summed E-state index contributed by atoms with van der Waals surface area (Å²) < 4.78 is 0. The van der Waals surface area contributed by atoms with Crippen molar-refractivity contribution in [1.29, 1.82) is 0 Å². The molecule has 0 aliphatic rings. The Morgan fingerprint density at radius 2 is 1.85 bits per heavy atom. The van der Waals surface area contributed by atoms with Gasteiger partial charge in [0, 0.05) is 29.3 Å². The summed E-state index contributed by atoms with van der Waals surface area (Å²) in [4.78, 5) is 39.8. The van der Waals surface area contributed by atoms with E-state index >= 15 is 0 Å². The molecule has 1 amide bonds. The summed E-state index contributed by atoms with van der Waals surface area (Å²) in [6.07, 6.45) is 3.09. The highest BCUT2D eigenvalue weighted by Gasteiger charge is 2.14. The first kappa shape index (κ1) is 17.5. The Morgan fingerprint density at radius 3 is 2.50 bits per heavy atom. The third kappa shape index (κ3) is 3.83. The van der Waals surface area contributed by atoms with E-state index in [-0.39, 0.29) is 23.7 Å². The maximum absolute atomic E-state index is 12.4. The Bertz CT molecular complexity index is 1010. The molecule has 0 radical (unpaired) electrons. The zero-order valence-corrected chi connectivity index (χ0v) is 14.8. The van der Waals surface area contributed by atoms with Crippen molar-refractivity contribution in [3.8, 4) is 11.6 Å². The van der Waals surface area contributed by atoms with Gasteiger partial charge in [-0.2, -0.15) is 0 Å². The number of rotatable bonds is 4. The number of hydrogen-bond acceptors (Lipinski definition) is 5. The lowest BCUT2D eigenvalue weighted by Gasteiger charge is -2.09. The van der Waals surface area contributed by atoms with Crippen molar-refractivity contribution in [1.82, 2.24) is 19.9 Å². The number of aryl methyl sites for hydroxylation is 3. The molecular weight excluding hydrogens is 330 g/mol. The Balaban J connectivity index is 1.80. The summed E-state index contributed by atoms with van der Waals surface area (Å²) in [5.74, 6) is 0.345. The van der Waals surface area contributed by atoms with Crippen LogP contribution in [0, 0.1) is 20.8 Å². The summed E-state index contributed by atoms with van der Waals surface area (Å²) in [5, 5.41) is 2.82. The van der Waals surface area contributed by atoms with Gasteiger partial charge in [-0.05, 0) is 50.1 Å². The van der Waals surface area contributed by atoms with Crippen LogP contribution in [0.25, 0.3) is 11.6 Å². The number of amides is 1. The third-order valence-electron chi connectivity index (χ3n) is 4.13. The maximum atomic E-state index is 12.4. The van der Waals surface area contributed by atoms with Gasteiger partial charge in [-0.25, -0.2) is 15.0 Å². The number of aromatic nitrogens is 4. The van der Waals surface area contributed by atoms with Crippen molar-refractivity contribution in [3.05, 3.63) is 69.4 Å². The molecule has 0 saturated carbocycles. The number of benzene rings is 1. The Labute approximate surface area is 150 Å². The number of nitrogens with zero attached hydrogens (tertiary/aromatic N) is 3. The van der Waals surface area contributed by atoms with E-state index in [1.54, 1.807) is 25.4 Å². The summed E-state index contributed by atoms with van der Waals surface area (Å²) in [6, 6.07) is 7.36. The third-order valence-corrected chi connectivity index (χ3v) is 4.13. The van der Waals surface area contributed by atoms with Crippen molar-refractivity contribution in [3.63, 3.8) is 0 Å². The van der Waals surface area contributed by atoms with Crippen LogP contribution in [0.15, 0.2) is 41.5 Å². The summed E-state index contributed by atoms with van der Waals surface area (Å²) in [5.41, 5.74) is 3.38. The van der Waals surface area contributed by atoms with Gasteiger partial charge >= 0.3 is 0 Å². The van der Waals surface area contributed by atoms with E-state index in [0.717, 1.165) is 11.1 Å². The second-order valence-electron chi connectivity index (χ2n) is 6.07. The number of carbonyl (C=O) groups excluding carboxylic acids is 1. The van der Waals surface area contributed by atoms with Crippen molar-refractivity contribution >= 4 is 11.6 Å². The van der Waals surface area contributed by atoms with Gasteiger partial charge < -0.3 is 10.3 Å². The van der Waals surface area contributed by atoms with Gasteiger partial charge in [0.2, 0.25) is 5.91 Å². The normalized spacial score (nSPS) is 10.6. The van der Waals surface area contributed by atoms with E-state index in [1.807, 2.05) is 32.0 Å². The van der Waals surface area contributed by atoms with Crippen LogP contribution in [0.1, 0.15) is 22.4 Å². The lowest BCUT2D eigenvalue weighted by Crippen LogP contribution is -2.24. The molecular formula is C19H19N5O2. The van der Waals surface area contributed by atoms with Crippen molar-refractivity contribution in [2.45, 2.75) is 27.2 Å². The van der Waals surface area contributed by atoms with Crippen molar-refractivity contribution in [2.75, 3.05) is 5.32 Å². The van der Waals surface area contributed by atoms with Gasteiger partial charge in [-0.15, -0.1) is 0 Å². The summed E-state index contributed by atoms with van der Waals surface area (Å²) in [6.45, 7) is 5.68. The van der Waals surface area contributed by atoms with E-state index in [9.17, 15) is 9.59 Å². The molecule has 0 bridgehead atoms. The maximum Gasteiger partial charge on any atom is 0.255 e. The minimum Gasteiger partial charge on any atom is -0.326 e. The molecule has 2 N–H and O–H groups in total. The number of nitrogens with one attached hydrogen (secondary N) is 2. The second-order valence-corrected chi connectivity index (χ2v) is 6.07. The molecule has 7 nitrogen and oxygen atoms in total. The number of H-pyrrole nitrogens is 1. The van der Waals surface area contributed by atoms with E-state index in [4.69, 9.17) is 0 Å². The van der Waals surface area contributed by atoms with E-state index in [0.29, 0.717) is 22.8 Å². The Hall–Kier alpha value is -3.35. The SMILES string of the molecule is Cc1ccc(NC(=O)Cc2c(C)nc(-c3ncccn3)[nH]c2=O)cc1C. The molecule has 3 rings (SSSR count). The topological polar surface area (TPSA) is 101 Å². The van der Waals surface area contributed by atoms with Crippen molar-refractivity contribution < 1.29 is 4.79 Å². The fourth-order valence-electron chi connectivity index (χ4n) is 2.53. The predicted molar refractivity (Wildman–Crippen MR) is 98.9 cm³/mol. The van der Waals surface area contributed by atoms with E-state index in [1.165, 1.54) is 0 Å². The monoisotopic (exact) mass is 349 g/mol. The molecule has 0 atom stereocenters. The molecule has 1 aromatic carbocycles. The van der Waals surface area contributed by atoms with Crippen LogP contribution in [-0.4, -0.2) is 25.8 Å². The van der Waals surface area contributed by atoms with Crippen LogP contribution in [0.2, 0.25) is 0 Å². The molecule has 0 aliphatic heterocycles. The van der Waals surface area contributed by atoms with Gasteiger partial charge in [0.1, 0.15) is 0 Å². The Morgan fingerprint density at radius 1 is 1.12 bits per heavy atom. The van der Waals surface area contributed by atoms with Gasteiger partial charge in [0.05, 0.1) is 6.42 Å². The number of carbonyl (C=O) groups is 1. The fraction of sp³-hybridized carbons (Fsp3) is 0.211. The lowest BCUT2D eigenvalue weighted by atomic mass is 10.1. The molecule has 0 unspecified atom stereocenters. The smallest absolute Gasteiger partial charge is 0.255 e. The zero-order chi connectivity index (χ0) is 18.7. The van der Waals surface area contributed by atoms with Crippen LogP contribution in [-0.2, 0) is 11.2 Å². The van der Waals surface area contributed by atoms with Gasteiger partial charge in [0.25, 0.3) is 5.56 Å². The lowest BCUT2D eigenvalue weighted by molar-refractivity contribution is -0.115. The van der Waals surface area contributed by atoms with Gasteiger partial charge in [-0.3, -0.25) is 9.59 Å². The highest BCUT2D eigenvalue weighted by Crippen LogP contribution is 2.15. The summed E-state index contributed by atoms with van der Waals surface area (Å²) >= 11 is 0. The molecule has 26 heavy (non-hydrogen) atoms. The van der Waals surface area contributed by atoms with E-state index in [2.05, 4.69) is 25.3 Å². The minimum atomic E-state index is -0.366. The number of aromatic amines is 1. The molecule has 0 fully saturated rings. The first-order valence-corrected chi connectivity index (χ1v) is 8.18. The quantitative estimate of drug-likeness (QED) is 0.753. The second kappa shape index (κ2) is 7.26. The highest BCUT2D eigenvalue weighted by molar-refractivity contribution is 5.92. The predicted octanol–water partition coefficient (Wildman–Crippen LogP) is 2.33. The first-order valence-electron chi connectivity index (χ1n) is 8.18. The van der Waals surface area contributed by atoms with E-state index < -0.39 is 0 Å². The zero-order valence-electron chi connectivity index (χ0n) is 14.8. The molecule has 0 aliphatic carbocycles. The fourth-order valence-corrected chi connectivity index (χ4v) is 2.53. The minimum absolute atomic E-state index is 0.0585. The van der Waals surface area contributed by atoms with Crippen LogP contribution >= 0.6 is 0 Å². The number of hydrogen-bond donors (Lipinski definition) is 2. The summed E-state index contributed by atoms with van der Waals surface area (Å²) in [7, 11) is 0. The number of anilines is 1. The van der Waals surface area contributed by atoms with Gasteiger partial charge in [-0.1, -0.05) is 6.07 Å². The molecule has 3 aromatic rings. The average Bonchev–Trinajstić information content (AvgIpc) is 2.62. The molecule has 2 aromatic heterocycles. The van der Waals surface area contributed by atoms with Crippen molar-refractivity contribution in [2.24, 2.45) is 0 Å². The van der Waals surface area contributed by atoms with Crippen LogP contribution in [0.4, 0.5) is 5.69 Å². The molecule has 0 saturated heterocycles. The molecule has 2 heterocycles. The van der Waals surface area contributed by atoms with Gasteiger partial charge in [0.15, 0.2) is 11.6 Å². The average molecular weight is 349 g/mol. The van der Waals surface area contributed by atoms with Crippen LogP contribution in [0.5, 0.6) is 0 Å².